The molecule has 0 bridgehead atoms. The van der Waals surface area contributed by atoms with Crippen LogP contribution in [0, 0.1) is 17.8 Å². The fourth-order valence-corrected chi connectivity index (χ4v) is 3.61. The Morgan fingerprint density at radius 2 is 2.10 bits per heavy atom. The van der Waals surface area contributed by atoms with Crippen molar-refractivity contribution in [2.75, 3.05) is 0 Å². The Balaban J connectivity index is 1.63. The molecule has 20 heavy (non-hydrogen) atoms. The minimum absolute atomic E-state index is 0.141. The summed E-state index contributed by atoms with van der Waals surface area (Å²) in [7, 11) is 0. The zero-order chi connectivity index (χ0) is 14.4. The van der Waals surface area contributed by atoms with Crippen LogP contribution in [0.4, 0.5) is 0 Å². The summed E-state index contributed by atoms with van der Waals surface area (Å²) in [5.74, 6) is -0.573. The van der Waals surface area contributed by atoms with Crippen molar-refractivity contribution in [1.82, 2.24) is 5.32 Å². The first kappa shape index (κ1) is 13.2. The third-order valence-electron chi connectivity index (χ3n) is 4.85. The van der Waals surface area contributed by atoms with Crippen LogP contribution in [0.25, 0.3) is 0 Å². The first-order valence-electron chi connectivity index (χ1n) is 7.02. The van der Waals surface area contributed by atoms with E-state index in [0.717, 1.165) is 30.6 Å². The van der Waals surface area contributed by atoms with Gasteiger partial charge in [-0.25, -0.2) is 0 Å². The van der Waals surface area contributed by atoms with Gasteiger partial charge in [-0.2, -0.15) is 0 Å². The maximum absolute atomic E-state index is 12.3. The molecule has 1 spiro atoms. The fourth-order valence-electron chi connectivity index (χ4n) is 3.61. The number of carbonyl (C=O) groups excluding carboxylic acids is 1. The fraction of sp³-hybridized carbons (Fsp3) is 0.600. The van der Waals surface area contributed by atoms with Crippen LogP contribution in [0.5, 0.6) is 0 Å². The third kappa shape index (κ3) is 1.92. The summed E-state index contributed by atoms with van der Waals surface area (Å²) in [6.45, 7) is 2.15. The quantitative estimate of drug-likeness (QED) is 0.827. The number of hydrogen-bond donors (Lipinski definition) is 2. The lowest BCUT2D eigenvalue weighted by atomic mass is 9.45. The number of carboxylic acids is 1. The third-order valence-corrected chi connectivity index (χ3v) is 4.85. The second-order valence-electron chi connectivity index (χ2n) is 6.34. The van der Waals surface area contributed by atoms with Crippen molar-refractivity contribution in [2.45, 2.75) is 45.6 Å². The largest absolute Gasteiger partial charge is 0.480 e. The molecule has 5 heteroatoms. The first-order chi connectivity index (χ1) is 9.46. The van der Waals surface area contributed by atoms with Crippen molar-refractivity contribution in [3.05, 3.63) is 23.7 Å². The smallest absolute Gasteiger partial charge is 0.319 e. The summed E-state index contributed by atoms with van der Waals surface area (Å²) in [6.07, 6.45) is 5.85. The van der Waals surface area contributed by atoms with Gasteiger partial charge in [0.2, 0.25) is 5.91 Å². The van der Waals surface area contributed by atoms with E-state index in [0.29, 0.717) is 19.4 Å². The van der Waals surface area contributed by atoms with Gasteiger partial charge in [-0.3, -0.25) is 9.59 Å². The molecule has 108 valence electrons. The number of hydrogen-bond acceptors (Lipinski definition) is 3. The van der Waals surface area contributed by atoms with Crippen LogP contribution in [0.15, 0.2) is 16.7 Å². The Morgan fingerprint density at radius 3 is 2.55 bits per heavy atom. The number of carbonyl (C=O) groups is 2. The molecule has 1 aromatic heterocycles. The lowest BCUT2D eigenvalue weighted by Crippen LogP contribution is -2.61. The van der Waals surface area contributed by atoms with Crippen molar-refractivity contribution >= 4 is 11.9 Å². The molecule has 1 amide bonds. The van der Waals surface area contributed by atoms with E-state index in [1.54, 1.807) is 6.26 Å². The molecule has 0 saturated heterocycles. The summed E-state index contributed by atoms with van der Waals surface area (Å²) in [5.41, 5.74) is -0.213. The number of furan rings is 1. The number of nitrogens with one attached hydrogen (secondary N) is 1. The Bertz CT molecular complexity index is 548. The first-order valence-corrected chi connectivity index (χ1v) is 7.02. The Labute approximate surface area is 117 Å². The highest BCUT2D eigenvalue weighted by Gasteiger charge is 2.64. The van der Waals surface area contributed by atoms with Gasteiger partial charge >= 0.3 is 5.97 Å². The van der Waals surface area contributed by atoms with Gasteiger partial charge in [0.05, 0.1) is 6.26 Å². The SMILES string of the molecule is Cc1cc(CNC(=O)C2(C(=O)O)CC3(CCC3)C2)co1. The molecule has 2 saturated carbocycles. The van der Waals surface area contributed by atoms with E-state index < -0.39 is 11.4 Å². The van der Waals surface area contributed by atoms with Crippen LogP contribution >= 0.6 is 0 Å². The molecule has 2 N–H and O–H groups in total. The van der Waals surface area contributed by atoms with Crippen molar-refractivity contribution in [2.24, 2.45) is 10.8 Å². The lowest BCUT2D eigenvalue weighted by Gasteiger charge is -2.58. The average molecular weight is 277 g/mol. The molecule has 2 aliphatic carbocycles. The van der Waals surface area contributed by atoms with Crippen molar-refractivity contribution in [1.29, 1.82) is 0 Å². The highest BCUT2D eigenvalue weighted by atomic mass is 16.4. The number of aryl methyl sites for hydroxylation is 1. The summed E-state index contributed by atoms with van der Waals surface area (Å²) in [4.78, 5) is 23.8. The van der Waals surface area contributed by atoms with Crippen molar-refractivity contribution < 1.29 is 19.1 Å². The molecule has 2 aliphatic rings. The molecule has 0 aromatic carbocycles. The molecule has 2 fully saturated rings. The topological polar surface area (TPSA) is 79.5 Å². The Kier molecular flexibility index (Phi) is 2.88. The number of rotatable bonds is 4. The highest BCUT2D eigenvalue weighted by molar-refractivity contribution is 6.03. The number of amides is 1. The van der Waals surface area contributed by atoms with E-state index in [9.17, 15) is 14.7 Å². The van der Waals surface area contributed by atoms with Crippen molar-refractivity contribution in [3.8, 4) is 0 Å². The summed E-state index contributed by atoms with van der Waals surface area (Å²) in [6, 6.07) is 1.84. The standard InChI is InChI=1S/C15H19NO4/c1-10-5-11(7-20-10)6-16-12(17)15(13(18)19)8-14(9-15)3-2-4-14/h5,7H,2-4,6,8-9H2,1H3,(H,16,17)(H,18,19). The average Bonchev–Trinajstić information content (AvgIpc) is 2.69. The minimum Gasteiger partial charge on any atom is -0.480 e. The maximum atomic E-state index is 12.3. The molecule has 0 unspecified atom stereocenters. The second-order valence-corrected chi connectivity index (χ2v) is 6.34. The van der Waals surface area contributed by atoms with Gasteiger partial charge in [0, 0.05) is 12.1 Å². The molecule has 1 aromatic rings. The van der Waals surface area contributed by atoms with Crippen LogP contribution in [-0.2, 0) is 16.1 Å². The van der Waals surface area contributed by atoms with Gasteiger partial charge in [0.25, 0.3) is 0 Å². The maximum Gasteiger partial charge on any atom is 0.319 e. The Hall–Kier alpha value is -1.78. The molecule has 0 atom stereocenters. The molecule has 3 rings (SSSR count). The summed E-state index contributed by atoms with van der Waals surface area (Å²) in [5, 5.41) is 12.2. The number of aliphatic carboxylic acids is 1. The number of carboxylic acid groups (broad SMARTS) is 1. The van der Waals surface area contributed by atoms with Gasteiger partial charge in [-0.15, -0.1) is 0 Å². The van der Waals surface area contributed by atoms with Gasteiger partial charge < -0.3 is 14.8 Å². The van der Waals surface area contributed by atoms with Crippen LogP contribution in [-0.4, -0.2) is 17.0 Å². The second kappa shape index (κ2) is 4.36. The van der Waals surface area contributed by atoms with Gasteiger partial charge in [-0.05, 0) is 44.1 Å². The van der Waals surface area contributed by atoms with Crippen LogP contribution in [0.2, 0.25) is 0 Å². The summed E-state index contributed by atoms with van der Waals surface area (Å²) < 4.78 is 5.16. The van der Waals surface area contributed by atoms with Crippen LogP contribution in [0.3, 0.4) is 0 Å². The van der Waals surface area contributed by atoms with E-state index in [2.05, 4.69) is 5.32 Å². The zero-order valence-electron chi connectivity index (χ0n) is 11.6. The predicted octanol–water partition coefficient (Wildman–Crippen LogP) is 2.24. The minimum atomic E-state index is -1.21. The molecule has 1 heterocycles. The Morgan fingerprint density at radius 1 is 1.40 bits per heavy atom. The van der Waals surface area contributed by atoms with E-state index in [4.69, 9.17) is 4.42 Å². The predicted molar refractivity (Wildman–Crippen MR) is 70.9 cm³/mol. The molecule has 5 nitrogen and oxygen atoms in total. The van der Waals surface area contributed by atoms with Crippen LogP contribution in [0.1, 0.15) is 43.4 Å². The molecular formula is C15H19NO4. The normalized spacial score (nSPS) is 21.9. The van der Waals surface area contributed by atoms with Crippen molar-refractivity contribution in [3.63, 3.8) is 0 Å². The van der Waals surface area contributed by atoms with E-state index in [1.165, 1.54) is 0 Å². The lowest BCUT2D eigenvalue weighted by molar-refractivity contribution is -0.181. The monoisotopic (exact) mass is 277 g/mol. The highest BCUT2D eigenvalue weighted by Crippen LogP contribution is 2.64. The summed E-state index contributed by atoms with van der Waals surface area (Å²) >= 11 is 0. The van der Waals surface area contributed by atoms with Gasteiger partial charge in [-0.1, -0.05) is 6.42 Å². The molecule has 0 aliphatic heterocycles. The van der Waals surface area contributed by atoms with Gasteiger partial charge in [0.15, 0.2) is 0 Å². The van der Waals surface area contributed by atoms with E-state index >= 15 is 0 Å². The van der Waals surface area contributed by atoms with E-state index in [1.807, 2.05) is 13.0 Å². The molecule has 0 radical (unpaired) electrons. The zero-order valence-corrected chi connectivity index (χ0v) is 11.6. The molecular weight excluding hydrogens is 258 g/mol. The van der Waals surface area contributed by atoms with E-state index in [-0.39, 0.29) is 11.3 Å². The van der Waals surface area contributed by atoms with Crippen LogP contribution < -0.4 is 5.32 Å². The van der Waals surface area contributed by atoms with Gasteiger partial charge in [0.1, 0.15) is 11.2 Å².